The second kappa shape index (κ2) is 7.69. The van der Waals surface area contributed by atoms with Crippen LogP contribution in [0.25, 0.3) is 0 Å². The fourth-order valence-corrected chi connectivity index (χ4v) is 1.64. The van der Waals surface area contributed by atoms with Crippen molar-refractivity contribution in [2.45, 2.75) is 46.6 Å². The van der Waals surface area contributed by atoms with Gasteiger partial charge < -0.3 is 4.74 Å². The predicted octanol–water partition coefficient (Wildman–Crippen LogP) is 2.31. The van der Waals surface area contributed by atoms with Crippen LogP contribution >= 0.6 is 0 Å². The molecule has 3 heteroatoms. The van der Waals surface area contributed by atoms with Crippen molar-refractivity contribution >= 4 is 5.97 Å². The summed E-state index contributed by atoms with van der Waals surface area (Å²) < 4.78 is 5.05. The molecule has 0 aliphatic carbocycles. The maximum absolute atomic E-state index is 11.6. The third-order valence-corrected chi connectivity index (χ3v) is 2.77. The summed E-state index contributed by atoms with van der Waals surface area (Å²) in [6.45, 7) is 9.66. The van der Waals surface area contributed by atoms with E-state index in [0.717, 1.165) is 19.4 Å². The van der Waals surface area contributed by atoms with Crippen LogP contribution in [0, 0.1) is 5.92 Å². The van der Waals surface area contributed by atoms with Crippen LogP contribution in [0.1, 0.15) is 40.5 Å². The standard InChI is InChI=1S/C12H25NO2/c1-6-10(4)9-13(5)11(7-2)12(14)15-8-3/h10-11H,6-9H2,1-5H3. The molecule has 0 aromatic rings. The quantitative estimate of drug-likeness (QED) is 0.610. The number of hydrogen-bond donors (Lipinski definition) is 0. The van der Waals surface area contributed by atoms with Crippen LogP contribution in [-0.4, -0.2) is 37.1 Å². The molecular formula is C12H25NO2. The zero-order chi connectivity index (χ0) is 11.8. The first kappa shape index (κ1) is 14.4. The van der Waals surface area contributed by atoms with E-state index in [1.807, 2.05) is 20.9 Å². The Hall–Kier alpha value is -0.570. The van der Waals surface area contributed by atoms with E-state index in [0.29, 0.717) is 12.5 Å². The van der Waals surface area contributed by atoms with Gasteiger partial charge in [-0.3, -0.25) is 9.69 Å². The second-order valence-corrected chi connectivity index (χ2v) is 4.13. The van der Waals surface area contributed by atoms with Crippen LogP contribution in [0.3, 0.4) is 0 Å². The van der Waals surface area contributed by atoms with Crippen LogP contribution in [0.2, 0.25) is 0 Å². The molecule has 0 aliphatic rings. The molecule has 2 atom stereocenters. The molecule has 0 fully saturated rings. The number of nitrogens with zero attached hydrogens (tertiary/aromatic N) is 1. The van der Waals surface area contributed by atoms with Gasteiger partial charge in [0.15, 0.2) is 0 Å². The van der Waals surface area contributed by atoms with Gasteiger partial charge in [0.05, 0.1) is 6.61 Å². The largest absolute Gasteiger partial charge is 0.465 e. The van der Waals surface area contributed by atoms with Gasteiger partial charge in [-0.1, -0.05) is 27.2 Å². The molecule has 2 unspecified atom stereocenters. The van der Waals surface area contributed by atoms with E-state index in [4.69, 9.17) is 4.74 Å². The zero-order valence-corrected chi connectivity index (χ0v) is 10.7. The molecular weight excluding hydrogens is 190 g/mol. The topological polar surface area (TPSA) is 29.5 Å². The number of carbonyl (C=O) groups excluding carboxylic acids is 1. The van der Waals surface area contributed by atoms with Crippen LogP contribution in [-0.2, 0) is 9.53 Å². The molecule has 0 bridgehead atoms. The van der Waals surface area contributed by atoms with Gasteiger partial charge in [-0.25, -0.2) is 0 Å². The van der Waals surface area contributed by atoms with Gasteiger partial charge in [0.1, 0.15) is 6.04 Å². The SMILES string of the molecule is CCOC(=O)C(CC)N(C)CC(C)CC. The third-order valence-electron chi connectivity index (χ3n) is 2.77. The van der Waals surface area contributed by atoms with E-state index >= 15 is 0 Å². The zero-order valence-electron chi connectivity index (χ0n) is 10.7. The van der Waals surface area contributed by atoms with Crippen molar-refractivity contribution in [3.8, 4) is 0 Å². The van der Waals surface area contributed by atoms with Crippen LogP contribution < -0.4 is 0 Å². The Morgan fingerprint density at radius 1 is 1.27 bits per heavy atom. The van der Waals surface area contributed by atoms with Crippen molar-refractivity contribution < 1.29 is 9.53 Å². The van der Waals surface area contributed by atoms with E-state index < -0.39 is 0 Å². The molecule has 0 rings (SSSR count). The molecule has 0 saturated carbocycles. The van der Waals surface area contributed by atoms with Gasteiger partial charge in [0.2, 0.25) is 0 Å². The van der Waals surface area contributed by atoms with Crippen molar-refractivity contribution in [3.63, 3.8) is 0 Å². The van der Waals surface area contributed by atoms with E-state index in [2.05, 4.69) is 18.7 Å². The molecule has 0 N–H and O–H groups in total. The lowest BCUT2D eigenvalue weighted by Crippen LogP contribution is -2.41. The molecule has 3 nitrogen and oxygen atoms in total. The Labute approximate surface area is 93.8 Å². The summed E-state index contributed by atoms with van der Waals surface area (Å²) in [5, 5.41) is 0. The molecule has 0 spiro atoms. The fraction of sp³-hybridized carbons (Fsp3) is 0.917. The van der Waals surface area contributed by atoms with Crippen molar-refractivity contribution in [1.29, 1.82) is 0 Å². The summed E-state index contributed by atoms with van der Waals surface area (Å²) in [6.07, 6.45) is 1.95. The van der Waals surface area contributed by atoms with Crippen molar-refractivity contribution in [1.82, 2.24) is 4.90 Å². The summed E-state index contributed by atoms with van der Waals surface area (Å²) in [7, 11) is 2.00. The summed E-state index contributed by atoms with van der Waals surface area (Å²) in [5.74, 6) is 0.532. The average Bonchev–Trinajstić information content (AvgIpc) is 2.19. The van der Waals surface area contributed by atoms with Crippen molar-refractivity contribution in [2.24, 2.45) is 5.92 Å². The molecule has 15 heavy (non-hydrogen) atoms. The molecule has 0 aliphatic heterocycles. The number of hydrogen-bond acceptors (Lipinski definition) is 3. The highest BCUT2D eigenvalue weighted by molar-refractivity contribution is 5.75. The molecule has 0 radical (unpaired) electrons. The molecule has 0 heterocycles. The van der Waals surface area contributed by atoms with Gasteiger partial charge in [-0.15, -0.1) is 0 Å². The first-order valence-electron chi connectivity index (χ1n) is 5.93. The van der Waals surface area contributed by atoms with Crippen LogP contribution in [0.4, 0.5) is 0 Å². The lowest BCUT2D eigenvalue weighted by atomic mass is 10.1. The van der Waals surface area contributed by atoms with Gasteiger partial charge in [0.25, 0.3) is 0 Å². The normalized spacial score (nSPS) is 15.1. The third kappa shape index (κ3) is 5.17. The van der Waals surface area contributed by atoms with Gasteiger partial charge in [0, 0.05) is 6.54 Å². The smallest absolute Gasteiger partial charge is 0.323 e. The van der Waals surface area contributed by atoms with Crippen molar-refractivity contribution in [3.05, 3.63) is 0 Å². The lowest BCUT2D eigenvalue weighted by Gasteiger charge is -2.27. The van der Waals surface area contributed by atoms with E-state index in [1.54, 1.807) is 0 Å². The second-order valence-electron chi connectivity index (χ2n) is 4.13. The number of rotatable bonds is 7. The Morgan fingerprint density at radius 3 is 2.27 bits per heavy atom. The highest BCUT2D eigenvalue weighted by atomic mass is 16.5. The maximum atomic E-state index is 11.6. The van der Waals surface area contributed by atoms with Crippen molar-refractivity contribution in [2.75, 3.05) is 20.2 Å². The van der Waals surface area contributed by atoms with Gasteiger partial charge in [-0.05, 0) is 26.3 Å². The summed E-state index contributed by atoms with van der Waals surface area (Å²) in [4.78, 5) is 13.7. The number of ether oxygens (including phenoxy) is 1. The molecule has 0 amide bonds. The number of esters is 1. The van der Waals surface area contributed by atoms with Crippen LogP contribution in [0.5, 0.6) is 0 Å². The molecule has 0 aromatic heterocycles. The number of carbonyl (C=O) groups is 1. The predicted molar refractivity (Wildman–Crippen MR) is 62.8 cm³/mol. The van der Waals surface area contributed by atoms with Gasteiger partial charge >= 0.3 is 5.97 Å². The van der Waals surface area contributed by atoms with E-state index in [1.165, 1.54) is 0 Å². The minimum atomic E-state index is -0.0918. The summed E-state index contributed by atoms with van der Waals surface area (Å²) in [5.41, 5.74) is 0. The van der Waals surface area contributed by atoms with Crippen LogP contribution in [0.15, 0.2) is 0 Å². The highest BCUT2D eigenvalue weighted by Crippen LogP contribution is 2.09. The minimum Gasteiger partial charge on any atom is -0.465 e. The average molecular weight is 215 g/mol. The Kier molecular flexibility index (Phi) is 7.39. The molecule has 90 valence electrons. The first-order chi connectivity index (χ1) is 7.06. The molecule has 0 saturated heterocycles. The fourth-order valence-electron chi connectivity index (χ4n) is 1.64. The Balaban J connectivity index is 4.20. The van der Waals surface area contributed by atoms with Gasteiger partial charge in [-0.2, -0.15) is 0 Å². The first-order valence-corrected chi connectivity index (χ1v) is 5.93. The Bertz CT molecular complexity index is 182. The summed E-state index contributed by atoms with van der Waals surface area (Å²) >= 11 is 0. The van der Waals surface area contributed by atoms with E-state index in [9.17, 15) is 4.79 Å². The maximum Gasteiger partial charge on any atom is 0.323 e. The minimum absolute atomic E-state index is 0.0843. The number of likely N-dealkylation sites (N-methyl/N-ethyl adjacent to an activating group) is 1. The Morgan fingerprint density at radius 2 is 1.87 bits per heavy atom. The highest BCUT2D eigenvalue weighted by Gasteiger charge is 2.23. The monoisotopic (exact) mass is 215 g/mol. The lowest BCUT2D eigenvalue weighted by molar-refractivity contribution is -0.149. The molecule has 0 aromatic carbocycles. The van der Waals surface area contributed by atoms with E-state index in [-0.39, 0.29) is 12.0 Å². The summed E-state index contributed by atoms with van der Waals surface area (Å²) in [6, 6.07) is -0.0843.